The molecule has 0 spiro atoms. The van der Waals surface area contributed by atoms with Crippen molar-refractivity contribution in [3.05, 3.63) is 89.4 Å². The predicted molar refractivity (Wildman–Crippen MR) is 139 cm³/mol. The lowest BCUT2D eigenvalue weighted by molar-refractivity contribution is -0.116. The van der Waals surface area contributed by atoms with Crippen molar-refractivity contribution in [2.45, 2.75) is 22.9 Å². The Balaban J connectivity index is 1.13. The maximum Gasteiger partial charge on any atom is 0.227 e. The molecule has 3 heterocycles. The van der Waals surface area contributed by atoms with E-state index in [0.29, 0.717) is 23.8 Å². The number of hydrogen-bond donors (Lipinski definition) is 1. The Labute approximate surface area is 208 Å². The van der Waals surface area contributed by atoms with Gasteiger partial charge in [0.05, 0.1) is 16.2 Å². The van der Waals surface area contributed by atoms with Gasteiger partial charge in [0.2, 0.25) is 5.91 Å². The molecule has 5 rings (SSSR count). The van der Waals surface area contributed by atoms with E-state index in [1.165, 1.54) is 16.7 Å². The van der Waals surface area contributed by atoms with Gasteiger partial charge >= 0.3 is 0 Å². The molecule has 0 aliphatic carbocycles. The summed E-state index contributed by atoms with van der Waals surface area (Å²) in [5.41, 5.74) is 2.18. The zero-order valence-corrected chi connectivity index (χ0v) is 20.8. The second kappa shape index (κ2) is 9.99. The molecule has 2 aromatic carbocycles. The molecule has 0 saturated heterocycles. The Hall–Kier alpha value is -2.81. The van der Waals surface area contributed by atoms with Crippen LogP contribution in [-0.4, -0.2) is 15.5 Å². The first-order chi connectivity index (χ1) is 16.1. The van der Waals surface area contributed by atoms with E-state index in [1.807, 2.05) is 54.7 Å². The van der Waals surface area contributed by atoms with E-state index < -0.39 is 0 Å². The Morgan fingerprint density at radius 3 is 2.94 bits per heavy atom. The number of rotatable bonds is 8. The number of aryl methyl sites for hydroxylation is 1. The molecule has 5 aromatic rings. The minimum atomic E-state index is -0.0385. The van der Waals surface area contributed by atoms with Crippen molar-refractivity contribution in [1.29, 1.82) is 0 Å². The van der Waals surface area contributed by atoms with E-state index in [9.17, 15) is 4.79 Å². The fourth-order valence-corrected chi connectivity index (χ4v) is 5.70. The predicted octanol–water partition coefficient (Wildman–Crippen LogP) is 7.44. The monoisotopic (exact) mass is 537 g/mol. The number of thioether (sulfide) groups is 1. The summed E-state index contributed by atoms with van der Waals surface area (Å²) in [4.78, 5) is 16.8. The van der Waals surface area contributed by atoms with Crippen LogP contribution < -0.4 is 5.32 Å². The lowest BCUT2D eigenvalue weighted by Crippen LogP contribution is -2.13. The smallest absolute Gasteiger partial charge is 0.227 e. The van der Waals surface area contributed by atoms with Gasteiger partial charge in [-0.1, -0.05) is 57.6 Å². The Morgan fingerprint density at radius 2 is 2.03 bits per heavy atom. The van der Waals surface area contributed by atoms with E-state index in [-0.39, 0.29) is 5.91 Å². The lowest BCUT2D eigenvalue weighted by Gasteiger charge is -2.05. The fourth-order valence-electron chi connectivity index (χ4n) is 3.52. The maximum atomic E-state index is 12.4. The molecule has 1 amide bonds. The first-order valence-corrected chi connectivity index (χ1v) is 13.0. The summed E-state index contributed by atoms with van der Waals surface area (Å²) in [5, 5.41) is 4.72. The van der Waals surface area contributed by atoms with E-state index in [4.69, 9.17) is 4.42 Å². The van der Waals surface area contributed by atoms with Crippen molar-refractivity contribution >= 4 is 61.0 Å². The van der Waals surface area contributed by atoms with Crippen LogP contribution in [0.1, 0.15) is 12.2 Å². The number of thiazole rings is 1. The summed E-state index contributed by atoms with van der Waals surface area (Å²) in [5.74, 6) is 2.40. The average Bonchev–Trinajstić information content (AvgIpc) is 3.56. The summed E-state index contributed by atoms with van der Waals surface area (Å²) >= 11 is 6.61. The van der Waals surface area contributed by atoms with Crippen molar-refractivity contribution < 1.29 is 9.21 Å². The lowest BCUT2D eigenvalue weighted by atomic mass is 10.2. The van der Waals surface area contributed by atoms with Crippen LogP contribution >= 0.6 is 39.0 Å². The molecule has 0 saturated carbocycles. The van der Waals surface area contributed by atoms with Gasteiger partial charge in [0, 0.05) is 34.7 Å². The minimum absolute atomic E-state index is 0.0385. The molecule has 3 aromatic heterocycles. The number of fused-ring (bicyclic) bond motifs is 1. The summed E-state index contributed by atoms with van der Waals surface area (Å²) in [7, 11) is 0. The molecule has 166 valence electrons. The highest BCUT2D eigenvalue weighted by Crippen LogP contribution is 2.33. The highest BCUT2D eigenvalue weighted by Gasteiger charge is 2.10. The third kappa shape index (κ3) is 5.40. The Kier molecular flexibility index (Phi) is 6.66. The van der Waals surface area contributed by atoms with Crippen LogP contribution in [0.2, 0.25) is 0 Å². The van der Waals surface area contributed by atoms with Gasteiger partial charge in [-0.15, -0.1) is 11.8 Å². The quantitative estimate of drug-likeness (QED) is 0.209. The number of aromatic nitrogens is 2. The van der Waals surface area contributed by atoms with Gasteiger partial charge in [-0.05, 0) is 41.8 Å². The van der Waals surface area contributed by atoms with E-state index >= 15 is 0 Å². The van der Waals surface area contributed by atoms with Crippen molar-refractivity contribution in [3.63, 3.8) is 0 Å². The average molecular weight is 538 g/mol. The van der Waals surface area contributed by atoms with Crippen LogP contribution in [0.4, 0.5) is 5.13 Å². The molecule has 0 aliphatic rings. The van der Waals surface area contributed by atoms with Crippen LogP contribution in [0.15, 0.2) is 92.2 Å². The minimum Gasteiger partial charge on any atom is -0.460 e. The molecule has 33 heavy (non-hydrogen) atoms. The first kappa shape index (κ1) is 22.0. The molecule has 0 unspecified atom stereocenters. The van der Waals surface area contributed by atoms with Gasteiger partial charge in [-0.25, -0.2) is 4.98 Å². The third-order valence-corrected chi connectivity index (χ3v) is 7.74. The number of nitrogens with zero attached hydrogens (tertiary/aromatic N) is 2. The molecular weight excluding hydrogens is 518 g/mol. The van der Waals surface area contributed by atoms with Crippen LogP contribution in [-0.2, 0) is 17.1 Å². The molecule has 0 atom stereocenters. The first-order valence-electron chi connectivity index (χ1n) is 10.4. The Morgan fingerprint density at radius 1 is 1.12 bits per heavy atom. The molecule has 0 bridgehead atoms. The van der Waals surface area contributed by atoms with Crippen LogP contribution in [0, 0.1) is 0 Å². The Bertz CT molecular complexity index is 1410. The molecule has 0 radical (unpaired) electrons. The molecule has 8 heteroatoms. The standard InChI is InChI=1S/C25H20BrN3O2S2/c26-19-6-3-5-18(14-19)22-9-8-20(31-22)16-32-24-15-27-25(33-24)28-23(30)11-13-29-12-10-17-4-1-2-7-21(17)29/h1-10,12,14-15H,11,13,16H2,(H,27,28,30). The van der Waals surface area contributed by atoms with Gasteiger partial charge in [-0.2, -0.15) is 0 Å². The van der Waals surface area contributed by atoms with Crippen molar-refractivity contribution in [3.8, 4) is 11.3 Å². The number of hydrogen-bond acceptors (Lipinski definition) is 5. The third-order valence-electron chi connectivity index (χ3n) is 5.12. The van der Waals surface area contributed by atoms with E-state index in [0.717, 1.165) is 31.3 Å². The largest absolute Gasteiger partial charge is 0.460 e. The second-order valence-electron chi connectivity index (χ2n) is 7.42. The molecule has 1 N–H and O–H groups in total. The number of furan rings is 1. The number of carbonyl (C=O) groups is 1. The van der Waals surface area contributed by atoms with Crippen molar-refractivity contribution in [2.75, 3.05) is 5.32 Å². The molecular formula is C25H20BrN3O2S2. The fraction of sp³-hybridized carbons (Fsp3) is 0.120. The number of para-hydroxylation sites is 1. The summed E-state index contributed by atoms with van der Waals surface area (Å²) in [6.45, 7) is 0.630. The molecule has 0 fully saturated rings. The van der Waals surface area contributed by atoms with Crippen LogP contribution in [0.5, 0.6) is 0 Å². The van der Waals surface area contributed by atoms with E-state index in [1.54, 1.807) is 18.0 Å². The van der Waals surface area contributed by atoms with Gasteiger partial charge in [0.25, 0.3) is 0 Å². The molecule has 0 aliphatic heterocycles. The van der Waals surface area contributed by atoms with Crippen LogP contribution in [0.25, 0.3) is 22.2 Å². The van der Waals surface area contributed by atoms with E-state index in [2.05, 4.69) is 49.0 Å². The number of anilines is 1. The number of halogens is 1. The number of nitrogens with one attached hydrogen (secondary N) is 1. The summed E-state index contributed by atoms with van der Waals surface area (Å²) < 4.78 is 10.1. The number of amides is 1. The van der Waals surface area contributed by atoms with Crippen molar-refractivity contribution in [1.82, 2.24) is 9.55 Å². The maximum absolute atomic E-state index is 12.4. The zero-order chi connectivity index (χ0) is 22.6. The van der Waals surface area contributed by atoms with Gasteiger partial charge in [0.1, 0.15) is 11.5 Å². The summed E-state index contributed by atoms with van der Waals surface area (Å²) in [6, 6.07) is 22.3. The van der Waals surface area contributed by atoms with Crippen molar-refractivity contribution in [2.24, 2.45) is 0 Å². The summed E-state index contributed by atoms with van der Waals surface area (Å²) in [6.07, 6.45) is 4.21. The highest BCUT2D eigenvalue weighted by atomic mass is 79.9. The molecule has 5 nitrogen and oxygen atoms in total. The second-order valence-corrected chi connectivity index (χ2v) is 10.6. The van der Waals surface area contributed by atoms with Crippen LogP contribution in [0.3, 0.4) is 0 Å². The van der Waals surface area contributed by atoms with Gasteiger partial charge < -0.3 is 14.3 Å². The number of carbonyl (C=O) groups excluding carboxylic acids is 1. The van der Waals surface area contributed by atoms with Gasteiger partial charge in [0.15, 0.2) is 5.13 Å². The normalized spacial score (nSPS) is 11.2. The zero-order valence-electron chi connectivity index (χ0n) is 17.5. The van der Waals surface area contributed by atoms with Gasteiger partial charge in [-0.3, -0.25) is 4.79 Å². The SMILES string of the molecule is O=C(CCn1ccc2ccccc21)Nc1ncc(SCc2ccc(-c3cccc(Br)c3)o2)s1. The topological polar surface area (TPSA) is 60.1 Å². The highest BCUT2D eigenvalue weighted by molar-refractivity contribution is 9.10. The number of benzene rings is 2.